The van der Waals surface area contributed by atoms with E-state index >= 15 is 0 Å². The van der Waals surface area contributed by atoms with Crippen molar-refractivity contribution in [3.8, 4) is 5.69 Å². The summed E-state index contributed by atoms with van der Waals surface area (Å²) in [7, 11) is 0. The average Bonchev–Trinajstić information content (AvgIpc) is 3.01. The van der Waals surface area contributed by atoms with Crippen molar-refractivity contribution >= 4 is 27.6 Å². The maximum atomic E-state index is 12.4. The number of unbranched alkanes of at least 4 members (excludes halogenated alkanes) is 1. The topological polar surface area (TPSA) is 22.0 Å². The first-order valence-corrected chi connectivity index (χ1v) is 8.91. The molecule has 0 unspecified atom stereocenters. The molecule has 0 aliphatic heterocycles. The van der Waals surface area contributed by atoms with Crippen molar-refractivity contribution in [2.24, 2.45) is 0 Å². The molecule has 0 aliphatic carbocycles. The fourth-order valence-corrected chi connectivity index (χ4v) is 3.50. The lowest BCUT2D eigenvalue weighted by Gasteiger charge is -2.09. The van der Waals surface area contributed by atoms with Gasteiger partial charge in [0.05, 0.1) is 11.0 Å². The lowest BCUT2D eigenvalue weighted by molar-refractivity contribution is 0.0979. The van der Waals surface area contributed by atoms with Crippen molar-refractivity contribution < 1.29 is 4.79 Å². The molecule has 1 heterocycles. The summed E-state index contributed by atoms with van der Waals surface area (Å²) < 4.78 is 2.25. The number of hydrogen-bond acceptors (Lipinski definition) is 1. The van der Waals surface area contributed by atoms with Crippen molar-refractivity contribution in [3.63, 3.8) is 0 Å². The van der Waals surface area contributed by atoms with Gasteiger partial charge in [-0.05, 0) is 30.7 Å². The molecule has 0 aliphatic rings. The molecule has 4 aromatic rings. The quantitative estimate of drug-likeness (QED) is 0.403. The fraction of sp³-hybridized carbons (Fsp3) is 0.174. The van der Waals surface area contributed by atoms with Crippen LogP contribution in [0.15, 0.2) is 72.8 Å². The van der Waals surface area contributed by atoms with E-state index in [-0.39, 0.29) is 5.78 Å². The number of benzene rings is 3. The van der Waals surface area contributed by atoms with Gasteiger partial charge in [-0.1, -0.05) is 61.9 Å². The zero-order valence-electron chi connectivity index (χ0n) is 14.4. The number of ketones is 1. The van der Waals surface area contributed by atoms with Gasteiger partial charge in [0, 0.05) is 28.4 Å². The van der Waals surface area contributed by atoms with E-state index in [2.05, 4.69) is 66.1 Å². The smallest absolute Gasteiger partial charge is 0.162 e. The molecule has 0 saturated heterocycles. The van der Waals surface area contributed by atoms with Gasteiger partial charge in [0.25, 0.3) is 0 Å². The van der Waals surface area contributed by atoms with E-state index in [0.29, 0.717) is 6.42 Å². The summed E-state index contributed by atoms with van der Waals surface area (Å²) in [5.41, 5.74) is 4.18. The van der Waals surface area contributed by atoms with E-state index in [0.717, 1.165) is 24.1 Å². The van der Waals surface area contributed by atoms with Crippen molar-refractivity contribution in [1.82, 2.24) is 4.57 Å². The zero-order valence-corrected chi connectivity index (χ0v) is 14.4. The SMILES string of the molecule is CCCCC(=O)c1cccc(-n2c3ccccc3c3ccccc32)c1. The normalized spacial score (nSPS) is 11.2. The number of aromatic nitrogens is 1. The second-order valence-electron chi connectivity index (χ2n) is 6.45. The van der Waals surface area contributed by atoms with E-state index in [1.165, 1.54) is 21.8 Å². The first-order valence-electron chi connectivity index (χ1n) is 8.91. The van der Waals surface area contributed by atoms with Crippen LogP contribution in [-0.2, 0) is 0 Å². The van der Waals surface area contributed by atoms with Gasteiger partial charge in [0.2, 0.25) is 0 Å². The van der Waals surface area contributed by atoms with Gasteiger partial charge in [0.1, 0.15) is 0 Å². The summed E-state index contributed by atoms with van der Waals surface area (Å²) in [6.07, 6.45) is 2.60. The van der Waals surface area contributed by atoms with Crippen LogP contribution in [0.25, 0.3) is 27.5 Å². The Morgan fingerprint density at radius 1 is 0.840 bits per heavy atom. The first kappa shape index (κ1) is 15.6. The van der Waals surface area contributed by atoms with Gasteiger partial charge in [-0.15, -0.1) is 0 Å². The second-order valence-corrected chi connectivity index (χ2v) is 6.45. The van der Waals surface area contributed by atoms with Crippen LogP contribution in [-0.4, -0.2) is 10.4 Å². The van der Waals surface area contributed by atoms with Crippen LogP contribution in [0.5, 0.6) is 0 Å². The highest BCUT2D eigenvalue weighted by atomic mass is 16.1. The van der Waals surface area contributed by atoms with Crippen molar-refractivity contribution in [3.05, 3.63) is 78.4 Å². The highest BCUT2D eigenvalue weighted by Gasteiger charge is 2.13. The Labute approximate surface area is 147 Å². The molecule has 2 heteroatoms. The van der Waals surface area contributed by atoms with Crippen molar-refractivity contribution in [2.75, 3.05) is 0 Å². The van der Waals surface area contributed by atoms with Gasteiger partial charge >= 0.3 is 0 Å². The Bertz CT molecular complexity index is 1000. The van der Waals surface area contributed by atoms with Crippen LogP contribution >= 0.6 is 0 Å². The summed E-state index contributed by atoms with van der Waals surface area (Å²) in [6.45, 7) is 2.11. The number of hydrogen-bond donors (Lipinski definition) is 0. The van der Waals surface area contributed by atoms with Crippen LogP contribution in [0.4, 0.5) is 0 Å². The van der Waals surface area contributed by atoms with Gasteiger partial charge in [-0.3, -0.25) is 4.79 Å². The lowest BCUT2D eigenvalue weighted by atomic mass is 10.1. The monoisotopic (exact) mass is 327 g/mol. The molecule has 124 valence electrons. The molecule has 0 spiro atoms. The van der Waals surface area contributed by atoms with Gasteiger partial charge in [-0.2, -0.15) is 0 Å². The Balaban J connectivity index is 1.91. The highest BCUT2D eigenvalue weighted by Crippen LogP contribution is 2.31. The van der Waals surface area contributed by atoms with Gasteiger partial charge in [-0.25, -0.2) is 0 Å². The molecule has 2 nitrogen and oxygen atoms in total. The highest BCUT2D eigenvalue weighted by molar-refractivity contribution is 6.09. The fourth-order valence-electron chi connectivity index (χ4n) is 3.50. The maximum absolute atomic E-state index is 12.4. The first-order chi connectivity index (χ1) is 12.3. The van der Waals surface area contributed by atoms with Crippen LogP contribution in [0.2, 0.25) is 0 Å². The molecule has 0 bridgehead atoms. The number of fused-ring (bicyclic) bond motifs is 3. The largest absolute Gasteiger partial charge is 0.309 e. The zero-order chi connectivity index (χ0) is 17.2. The second kappa shape index (κ2) is 6.56. The van der Waals surface area contributed by atoms with Gasteiger partial charge in [0.15, 0.2) is 5.78 Å². The third-order valence-corrected chi connectivity index (χ3v) is 4.76. The third-order valence-electron chi connectivity index (χ3n) is 4.76. The molecule has 0 atom stereocenters. The summed E-state index contributed by atoms with van der Waals surface area (Å²) in [5.74, 6) is 0.226. The molecule has 0 radical (unpaired) electrons. The molecular formula is C23H21NO. The molecule has 0 N–H and O–H groups in total. The Kier molecular flexibility index (Phi) is 4.10. The third kappa shape index (κ3) is 2.74. The van der Waals surface area contributed by atoms with E-state index in [1.807, 2.05) is 18.2 Å². The average molecular weight is 327 g/mol. The summed E-state index contributed by atoms with van der Waals surface area (Å²) in [4.78, 5) is 12.4. The Morgan fingerprint density at radius 3 is 2.12 bits per heavy atom. The van der Waals surface area contributed by atoms with E-state index in [1.54, 1.807) is 0 Å². The van der Waals surface area contributed by atoms with Crippen LogP contribution in [0, 0.1) is 0 Å². The standard InChI is InChI=1S/C23H21NO/c1-2-3-15-23(25)17-9-8-10-18(16-17)24-21-13-6-4-11-19(21)20-12-5-7-14-22(20)24/h4-14,16H,2-3,15H2,1H3. The number of nitrogens with zero attached hydrogens (tertiary/aromatic N) is 1. The summed E-state index contributed by atoms with van der Waals surface area (Å²) >= 11 is 0. The van der Waals surface area contributed by atoms with Crippen molar-refractivity contribution in [2.45, 2.75) is 26.2 Å². The van der Waals surface area contributed by atoms with Crippen LogP contribution < -0.4 is 0 Å². The summed E-state index contributed by atoms with van der Waals surface area (Å²) in [5, 5.41) is 2.47. The maximum Gasteiger partial charge on any atom is 0.162 e. The lowest BCUT2D eigenvalue weighted by Crippen LogP contribution is -2.01. The minimum absolute atomic E-state index is 0.226. The van der Waals surface area contributed by atoms with Crippen molar-refractivity contribution in [1.29, 1.82) is 0 Å². The molecule has 25 heavy (non-hydrogen) atoms. The molecule has 1 aromatic heterocycles. The molecule has 0 amide bonds. The molecule has 4 rings (SSSR count). The summed E-state index contributed by atoms with van der Waals surface area (Å²) in [6, 6.07) is 24.9. The van der Waals surface area contributed by atoms with E-state index in [4.69, 9.17) is 0 Å². The molecule has 3 aromatic carbocycles. The Morgan fingerprint density at radius 2 is 1.48 bits per heavy atom. The molecule has 0 fully saturated rings. The minimum Gasteiger partial charge on any atom is -0.309 e. The number of para-hydroxylation sites is 2. The van der Waals surface area contributed by atoms with E-state index < -0.39 is 0 Å². The number of Topliss-reactive ketones (excluding diaryl/α,β-unsaturated/α-hetero) is 1. The predicted octanol–water partition coefficient (Wildman–Crippen LogP) is 6.16. The van der Waals surface area contributed by atoms with Crippen LogP contribution in [0.3, 0.4) is 0 Å². The number of rotatable bonds is 5. The van der Waals surface area contributed by atoms with Gasteiger partial charge < -0.3 is 4.57 Å². The number of carbonyl (C=O) groups excluding carboxylic acids is 1. The predicted molar refractivity (Wildman–Crippen MR) is 105 cm³/mol. The molecule has 0 saturated carbocycles. The molecular weight excluding hydrogens is 306 g/mol. The Hall–Kier alpha value is -2.87. The van der Waals surface area contributed by atoms with E-state index in [9.17, 15) is 4.79 Å². The van der Waals surface area contributed by atoms with Crippen LogP contribution in [0.1, 0.15) is 36.5 Å². The number of carbonyl (C=O) groups is 1. The minimum atomic E-state index is 0.226.